The number of rotatable bonds is 3. The summed E-state index contributed by atoms with van der Waals surface area (Å²) in [6.45, 7) is -0.881. The molecule has 0 aliphatic heterocycles. The van der Waals surface area contributed by atoms with Gasteiger partial charge in [-0.3, -0.25) is 9.69 Å². The Kier molecular flexibility index (Phi) is 3.20. The molecule has 0 saturated heterocycles. The molecule has 0 heterocycles. The molecular weight excluding hydrogens is 140 g/mol. The second kappa shape index (κ2) is 3.67. The van der Waals surface area contributed by atoms with Crippen molar-refractivity contribution in [3.05, 3.63) is 0 Å². The Morgan fingerprint density at radius 3 is 2.00 bits per heavy atom. The Morgan fingerprint density at radius 2 is 1.90 bits per heavy atom. The van der Waals surface area contributed by atoms with Crippen LogP contribution in [0.2, 0.25) is 0 Å². The number of carboxylic acid groups (broad SMARTS) is 2. The molecule has 0 fully saturated rings. The summed E-state index contributed by atoms with van der Waals surface area (Å²) in [7, 11) is 0. The van der Waals surface area contributed by atoms with Crippen LogP contribution in [-0.2, 0) is 4.79 Å². The van der Waals surface area contributed by atoms with Gasteiger partial charge in [0.05, 0.1) is 6.67 Å². The molecule has 0 saturated carbocycles. The van der Waals surface area contributed by atoms with Crippen LogP contribution in [0.3, 0.4) is 0 Å². The first-order valence-corrected chi connectivity index (χ1v) is 2.47. The molecule has 0 aromatic heterocycles. The number of nitrogens with two attached hydrogens (primary N) is 1. The van der Waals surface area contributed by atoms with Crippen molar-refractivity contribution in [2.24, 2.45) is 5.73 Å². The van der Waals surface area contributed by atoms with Gasteiger partial charge in [-0.05, 0) is 0 Å². The van der Waals surface area contributed by atoms with E-state index in [1.807, 2.05) is 0 Å². The Hall–Kier alpha value is -1.30. The maximum absolute atomic E-state index is 10.0. The monoisotopic (exact) mass is 148 g/mol. The highest BCUT2D eigenvalue weighted by atomic mass is 16.4. The number of nitrogens with zero attached hydrogens (tertiary/aromatic N) is 1. The third-order valence-electron chi connectivity index (χ3n) is 0.817. The molecule has 0 radical (unpaired) electrons. The predicted molar refractivity (Wildman–Crippen MR) is 31.4 cm³/mol. The summed E-state index contributed by atoms with van der Waals surface area (Å²) in [6.07, 6.45) is -1.33. The first-order chi connectivity index (χ1) is 4.57. The van der Waals surface area contributed by atoms with Crippen molar-refractivity contribution in [3.63, 3.8) is 0 Å². The molecule has 0 aliphatic carbocycles. The highest BCUT2D eigenvalue weighted by Gasteiger charge is 2.12. The normalized spacial score (nSPS) is 8.90. The van der Waals surface area contributed by atoms with Crippen LogP contribution in [0.15, 0.2) is 0 Å². The second-order valence-electron chi connectivity index (χ2n) is 1.56. The van der Waals surface area contributed by atoms with Gasteiger partial charge in [0.2, 0.25) is 0 Å². The van der Waals surface area contributed by atoms with E-state index < -0.39 is 18.6 Å². The zero-order valence-corrected chi connectivity index (χ0v) is 5.15. The van der Waals surface area contributed by atoms with E-state index in [4.69, 9.17) is 15.9 Å². The number of hydrogen-bond acceptors (Lipinski definition) is 3. The second-order valence-corrected chi connectivity index (χ2v) is 1.56. The number of hydrogen-bond donors (Lipinski definition) is 3. The molecule has 0 aliphatic rings. The maximum Gasteiger partial charge on any atom is 0.408 e. The van der Waals surface area contributed by atoms with Crippen molar-refractivity contribution in [3.8, 4) is 0 Å². The van der Waals surface area contributed by atoms with Crippen molar-refractivity contribution < 1.29 is 19.8 Å². The molecule has 6 heteroatoms. The lowest BCUT2D eigenvalue weighted by atomic mass is 10.6. The Balaban J connectivity index is 3.83. The number of carboxylic acids is 1. The predicted octanol–water partition coefficient (Wildman–Crippen LogP) is -1.03. The van der Waals surface area contributed by atoms with Gasteiger partial charge in [-0.15, -0.1) is 0 Å². The Bertz CT molecular complexity index is 146. The molecule has 0 aromatic rings. The molecule has 4 N–H and O–H groups in total. The quantitative estimate of drug-likeness (QED) is 0.444. The van der Waals surface area contributed by atoms with Crippen LogP contribution in [0, 0.1) is 0 Å². The summed E-state index contributed by atoms with van der Waals surface area (Å²) in [5.41, 5.74) is 4.90. The van der Waals surface area contributed by atoms with E-state index in [-0.39, 0.29) is 6.67 Å². The van der Waals surface area contributed by atoms with Gasteiger partial charge in [-0.2, -0.15) is 0 Å². The molecule has 10 heavy (non-hydrogen) atoms. The van der Waals surface area contributed by atoms with Gasteiger partial charge in [0.15, 0.2) is 0 Å². The Labute approximate surface area is 56.8 Å². The molecule has 6 nitrogen and oxygen atoms in total. The largest absolute Gasteiger partial charge is 0.480 e. The van der Waals surface area contributed by atoms with Gasteiger partial charge in [-0.25, -0.2) is 4.79 Å². The SMILES string of the molecule is NCN(CC(=O)O)C(=O)O. The molecule has 1 amide bonds. The topological polar surface area (TPSA) is 104 Å². The van der Waals surface area contributed by atoms with E-state index in [0.717, 1.165) is 0 Å². The van der Waals surface area contributed by atoms with Crippen molar-refractivity contribution >= 4 is 12.1 Å². The summed E-state index contributed by atoms with van der Waals surface area (Å²) in [4.78, 5) is 20.5. The standard InChI is InChI=1S/C4H8N2O4/c5-2-6(4(9)10)1-3(7)8/h1-2,5H2,(H,7,8)(H,9,10). The zero-order valence-electron chi connectivity index (χ0n) is 5.15. The molecule has 0 unspecified atom stereocenters. The fourth-order valence-corrected chi connectivity index (χ4v) is 0.374. The van der Waals surface area contributed by atoms with Gasteiger partial charge in [0.25, 0.3) is 0 Å². The van der Waals surface area contributed by atoms with Crippen LogP contribution in [-0.4, -0.2) is 40.4 Å². The molecule has 0 spiro atoms. The van der Waals surface area contributed by atoms with Crippen LogP contribution in [0.4, 0.5) is 4.79 Å². The summed E-state index contributed by atoms with van der Waals surface area (Å²) < 4.78 is 0. The van der Waals surface area contributed by atoms with E-state index in [1.54, 1.807) is 0 Å². The lowest BCUT2D eigenvalue weighted by Gasteiger charge is -2.12. The van der Waals surface area contributed by atoms with Gasteiger partial charge < -0.3 is 15.9 Å². The minimum atomic E-state index is -1.33. The zero-order chi connectivity index (χ0) is 8.15. The fourth-order valence-electron chi connectivity index (χ4n) is 0.374. The van der Waals surface area contributed by atoms with E-state index >= 15 is 0 Å². The highest BCUT2D eigenvalue weighted by molar-refractivity contribution is 5.75. The summed E-state index contributed by atoms with van der Waals surface area (Å²) in [6, 6.07) is 0. The third kappa shape index (κ3) is 2.88. The van der Waals surface area contributed by atoms with Crippen LogP contribution in [0.1, 0.15) is 0 Å². The first kappa shape index (κ1) is 8.70. The number of carbonyl (C=O) groups is 2. The minimum Gasteiger partial charge on any atom is -0.480 e. The first-order valence-electron chi connectivity index (χ1n) is 2.47. The molecule has 0 bridgehead atoms. The average molecular weight is 148 g/mol. The van der Waals surface area contributed by atoms with Crippen molar-refractivity contribution in [2.75, 3.05) is 13.2 Å². The lowest BCUT2D eigenvalue weighted by Crippen LogP contribution is -2.38. The van der Waals surface area contributed by atoms with Gasteiger partial charge >= 0.3 is 12.1 Å². The van der Waals surface area contributed by atoms with Gasteiger partial charge in [-0.1, -0.05) is 0 Å². The van der Waals surface area contributed by atoms with Crippen LogP contribution >= 0.6 is 0 Å². The number of aliphatic carboxylic acids is 1. The van der Waals surface area contributed by atoms with Crippen LogP contribution in [0.5, 0.6) is 0 Å². The van der Waals surface area contributed by atoms with Crippen molar-refractivity contribution in [1.82, 2.24) is 4.90 Å². The summed E-state index contributed by atoms with van der Waals surface area (Å²) in [5.74, 6) is -1.21. The van der Waals surface area contributed by atoms with E-state index in [0.29, 0.717) is 4.90 Å². The summed E-state index contributed by atoms with van der Waals surface area (Å²) in [5, 5.41) is 16.3. The molecular formula is C4H8N2O4. The van der Waals surface area contributed by atoms with Gasteiger partial charge in [0, 0.05) is 0 Å². The van der Waals surface area contributed by atoms with Crippen LogP contribution < -0.4 is 5.73 Å². The maximum atomic E-state index is 10.0. The average Bonchev–Trinajstić information content (AvgIpc) is 1.81. The molecule has 0 aromatic carbocycles. The highest BCUT2D eigenvalue weighted by Crippen LogP contribution is 1.83. The van der Waals surface area contributed by atoms with Gasteiger partial charge in [0.1, 0.15) is 6.54 Å². The smallest absolute Gasteiger partial charge is 0.408 e. The van der Waals surface area contributed by atoms with Crippen molar-refractivity contribution in [2.45, 2.75) is 0 Å². The molecule has 0 atom stereocenters. The van der Waals surface area contributed by atoms with Crippen molar-refractivity contribution in [1.29, 1.82) is 0 Å². The minimum absolute atomic E-state index is 0.304. The Morgan fingerprint density at radius 1 is 1.40 bits per heavy atom. The van der Waals surface area contributed by atoms with E-state index in [2.05, 4.69) is 0 Å². The summed E-state index contributed by atoms with van der Waals surface area (Å²) >= 11 is 0. The number of amides is 1. The third-order valence-corrected chi connectivity index (χ3v) is 0.817. The van der Waals surface area contributed by atoms with E-state index in [1.165, 1.54) is 0 Å². The molecule has 0 rings (SSSR count). The fraction of sp³-hybridized carbons (Fsp3) is 0.500. The van der Waals surface area contributed by atoms with E-state index in [9.17, 15) is 9.59 Å². The molecule has 58 valence electrons. The van der Waals surface area contributed by atoms with Crippen LogP contribution in [0.25, 0.3) is 0 Å². The lowest BCUT2D eigenvalue weighted by molar-refractivity contribution is -0.137.